The number of rotatable bonds is 5. The van der Waals surface area contributed by atoms with E-state index in [0.717, 1.165) is 0 Å². The molecule has 0 aromatic carbocycles. The predicted octanol–water partition coefficient (Wildman–Crippen LogP) is -0.0864. The summed E-state index contributed by atoms with van der Waals surface area (Å²) in [5, 5.41) is 11.4. The van der Waals surface area contributed by atoms with Gasteiger partial charge in [0.25, 0.3) is 0 Å². The zero-order valence-corrected chi connectivity index (χ0v) is 8.10. The van der Waals surface area contributed by atoms with Crippen LogP contribution in [0.4, 0.5) is 0 Å². The fourth-order valence-electron chi connectivity index (χ4n) is 0.587. The maximum absolute atomic E-state index is 10.8. The van der Waals surface area contributed by atoms with Crippen molar-refractivity contribution in [3.63, 3.8) is 0 Å². The Kier molecular flexibility index (Phi) is 6.47. The van der Waals surface area contributed by atoms with Crippen LogP contribution in [0.15, 0.2) is 0 Å². The number of alkyl halides is 2. The number of aliphatic hydroxyl groups is 1. The lowest BCUT2D eigenvalue weighted by atomic mass is 10.4. The Morgan fingerprint density at radius 1 is 1.67 bits per heavy atom. The van der Waals surface area contributed by atoms with Crippen LogP contribution < -0.4 is 5.32 Å². The lowest BCUT2D eigenvalue weighted by Gasteiger charge is -2.14. The summed E-state index contributed by atoms with van der Waals surface area (Å²) in [4.78, 5) is 9.56. The van der Waals surface area contributed by atoms with Gasteiger partial charge >= 0.3 is 5.97 Å². The van der Waals surface area contributed by atoms with E-state index in [-0.39, 0.29) is 6.61 Å². The Hall–Kier alpha value is -0.0300. The quantitative estimate of drug-likeness (QED) is 0.498. The minimum Gasteiger partial charge on any atom is -0.457 e. The van der Waals surface area contributed by atoms with Crippen LogP contribution in [0.5, 0.6) is 0 Å². The number of carbonyl (C=O) groups is 1. The van der Waals surface area contributed by atoms with Crippen molar-refractivity contribution in [1.29, 1.82) is 0 Å². The molecule has 0 amide bonds. The van der Waals surface area contributed by atoms with Crippen LogP contribution >= 0.6 is 23.2 Å². The highest BCUT2D eigenvalue weighted by molar-refractivity contribution is 6.52. The molecule has 0 heterocycles. The van der Waals surface area contributed by atoms with E-state index in [1.54, 1.807) is 7.05 Å². The maximum atomic E-state index is 10.8. The third kappa shape index (κ3) is 4.77. The number of aliphatic hydroxyl groups excluding tert-OH is 1. The SMILES string of the molecule is CNCC(CO)OC(=O)C(Cl)Cl. The van der Waals surface area contributed by atoms with Gasteiger partial charge in [0, 0.05) is 6.54 Å². The van der Waals surface area contributed by atoms with Gasteiger partial charge in [0.15, 0.2) is 0 Å². The highest BCUT2D eigenvalue weighted by Crippen LogP contribution is 2.05. The van der Waals surface area contributed by atoms with Gasteiger partial charge in [-0.05, 0) is 7.05 Å². The molecular weight excluding hydrogens is 205 g/mol. The molecule has 6 heteroatoms. The molecule has 2 N–H and O–H groups in total. The van der Waals surface area contributed by atoms with E-state index < -0.39 is 16.9 Å². The highest BCUT2D eigenvalue weighted by atomic mass is 35.5. The standard InChI is InChI=1S/C6H11Cl2NO3/c1-9-2-4(3-10)12-6(11)5(7)8/h4-5,9-10H,2-3H2,1H3. The number of ether oxygens (including phenoxy) is 1. The summed E-state index contributed by atoms with van der Waals surface area (Å²) in [7, 11) is 1.68. The second-order valence-electron chi connectivity index (χ2n) is 2.10. The largest absolute Gasteiger partial charge is 0.457 e. The van der Waals surface area contributed by atoms with Crippen LogP contribution in [-0.4, -0.2) is 42.2 Å². The van der Waals surface area contributed by atoms with Crippen molar-refractivity contribution < 1.29 is 14.6 Å². The van der Waals surface area contributed by atoms with Gasteiger partial charge in [0.2, 0.25) is 4.84 Å². The lowest BCUT2D eigenvalue weighted by molar-refractivity contribution is -0.148. The van der Waals surface area contributed by atoms with E-state index in [0.29, 0.717) is 6.54 Å². The molecule has 0 fully saturated rings. The van der Waals surface area contributed by atoms with Gasteiger partial charge in [-0.2, -0.15) is 0 Å². The molecule has 0 aliphatic rings. The van der Waals surface area contributed by atoms with Gasteiger partial charge in [-0.25, -0.2) is 4.79 Å². The molecule has 0 spiro atoms. The average molecular weight is 216 g/mol. The van der Waals surface area contributed by atoms with Gasteiger partial charge in [-0.15, -0.1) is 0 Å². The molecule has 72 valence electrons. The van der Waals surface area contributed by atoms with Gasteiger partial charge in [-0.3, -0.25) is 0 Å². The monoisotopic (exact) mass is 215 g/mol. The third-order valence-corrected chi connectivity index (χ3v) is 1.45. The molecule has 0 bridgehead atoms. The van der Waals surface area contributed by atoms with Crippen LogP contribution in [0.1, 0.15) is 0 Å². The van der Waals surface area contributed by atoms with Crippen LogP contribution in [0, 0.1) is 0 Å². The summed E-state index contributed by atoms with van der Waals surface area (Å²) >= 11 is 10.4. The number of nitrogens with one attached hydrogen (secondary N) is 1. The number of halogens is 2. The molecule has 0 saturated carbocycles. The zero-order valence-electron chi connectivity index (χ0n) is 6.59. The highest BCUT2D eigenvalue weighted by Gasteiger charge is 2.18. The summed E-state index contributed by atoms with van der Waals surface area (Å²) in [6.45, 7) is 0.107. The second-order valence-corrected chi connectivity index (χ2v) is 3.20. The van der Waals surface area contributed by atoms with Crippen LogP contribution in [-0.2, 0) is 9.53 Å². The minimum absolute atomic E-state index is 0.257. The minimum atomic E-state index is -1.20. The Balaban J connectivity index is 3.77. The first-order valence-corrected chi connectivity index (χ1v) is 4.23. The Morgan fingerprint density at radius 2 is 2.25 bits per heavy atom. The van der Waals surface area contributed by atoms with Crippen molar-refractivity contribution in [2.75, 3.05) is 20.2 Å². The fraction of sp³-hybridized carbons (Fsp3) is 0.833. The summed E-state index contributed by atoms with van der Waals surface area (Å²) in [6, 6.07) is 0. The molecule has 1 atom stereocenters. The molecule has 1 unspecified atom stereocenters. The molecule has 0 aliphatic heterocycles. The summed E-state index contributed by atoms with van der Waals surface area (Å²) < 4.78 is 4.69. The van der Waals surface area contributed by atoms with E-state index in [1.165, 1.54) is 0 Å². The normalized spacial score (nSPS) is 13.1. The Labute approximate surface area is 80.8 Å². The van der Waals surface area contributed by atoms with Crippen molar-refractivity contribution in [2.24, 2.45) is 0 Å². The summed E-state index contributed by atoms with van der Waals surface area (Å²) in [5.41, 5.74) is 0. The molecule has 0 aliphatic carbocycles. The number of esters is 1. The lowest BCUT2D eigenvalue weighted by Crippen LogP contribution is -2.33. The molecule has 0 aromatic rings. The fourth-order valence-corrected chi connectivity index (χ4v) is 0.690. The van der Waals surface area contributed by atoms with Crippen molar-refractivity contribution in [1.82, 2.24) is 5.32 Å². The number of likely N-dealkylation sites (N-methyl/N-ethyl adjacent to an activating group) is 1. The topological polar surface area (TPSA) is 58.6 Å². The van der Waals surface area contributed by atoms with E-state index in [4.69, 9.17) is 28.3 Å². The van der Waals surface area contributed by atoms with E-state index in [2.05, 4.69) is 10.1 Å². The van der Waals surface area contributed by atoms with E-state index >= 15 is 0 Å². The Morgan fingerprint density at radius 3 is 2.58 bits per heavy atom. The van der Waals surface area contributed by atoms with Crippen LogP contribution in [0.2, 0.25) is 0 Å². The molecular formula is C6H11Cl2NO3. The number of carbonyl (C=O) groups excluding carboxylic acids is 1. The predicted molar refractivity (Wildman–Crippen MR) is 46.4 cm³/mol. The van der Waals surface area contributed by atoms with Crippen molar-refractivity contribution in [3.05, 3.63) is 0 Å². The first-order valence-electron chi connectivity index (χ1n) is 3.36. The molecule has 0 radical (unpaired) electrons. The smallest absolute Gasteiger partial charge is 0.339 e. The molecule has 0 aromatic heterocycles. The van der Waals surface area contributed by atoms with Crippen molar-refractivity contribution >= 4 is 29.2 Å². The average Bonchev–Trinajstić information content (AvgIpc) is 2.03. The number of hydrogen-bond donors (Lipinski definition) is 2. The van der Waals surface area contributed by atoms with Crippen molar-refractivity contribution in [2.45, 2.75) is 10.9 Å². The van der Waals surface area contributed by atoms with Gasteiger partial charge < -0.3 is 15.2 Å². The van der Waals surface area contributed by atoms with E-state index in [9.17, 15) is 4.79 Å². The molecule has 0 rings (SSSR count). The van der Waals surface area contributed by atoms with Gasteiger partial charge in [0.05, 0.1) is 6.61 Å². The summed E-state index contributed by atoms with van der Waals surface area (Å²) in [5.74, 6) is -0.743. The zero-order chi connectivity index (χ0) is 9.56. The van der Waals surface area contributed by atoms with E-state index in [1.807, 2.05) is 0 Å². The van der Waals surface area contributed by atoms with Crippen LogP contribution in [0.3, 0.4) is 0 Å². The van der Waals surface area contributed by atoms with Gasteiger partial charge in [0.1, 0.15) is 6.10 Å². The van der Waals surface area contributed by atoms with Gasteiger partial charge in [-0.1, -0.05) is 23.2 Å². The third-order valence-electron chi connectivity index (χ3n) is 1.10. The first kappa shape index (κ1) is 12.0. The maximum Gasteiger partial charge on any atom is 0.339 e. The first-order chi connectivity index (χ1) is 5.61. The number of hydrogen-bond acceptors (Lipinski definition) is 4. The summed E-state index contributed by atoms with van der Waals surface area (Å²) in [6.07, 6.45) is -0.595. The second kappa shape index (κ2) is 6.48. The molecule has 12 heavy (non-hydrogen) atoms. The van der Waals surface area contributed by atoms with Crippen LogP contribution in [0.25, 0.3) is 0 Å². The molecule has 4 nitrogen and oxygen atoms in total. The van der Waals surface area contributed by atoms with Crippen molar-refractivity contribution in [3.8, 4) is 0 Å². The Bertz CT molecular complexity index is 143. The molecule has 0 saturated heterocycles.